The lowest BCUT2D eigenvalue weighted by atomic mass is 9.90. The number of nitrogen functional groups attached to an aromatic ring is 1. The molecule has 9 heteroatoms. The zero-order valence-electron chi connectivity index (χ0n) is 13.6. The highest BCUT2D eigenvalue weighted by molar-refractivity contribution is 7.15. The Bertz CT molecular complexity index is 736. The highest BCUT2D eigenvalue weighted by Crippen LogP contribution is 2.38. The van der Waals surface area contributed by atoms with Gasteiger partial charge in [-0.05, 0) is 23.8 Å². The van der Waals surface area contributed by atoms with Crippen molar-refractivity contribution in [3.8, 4) is 0 Å². The van der Waals surface area contributed by atoms with E-state index in [1.54, 1.807) is 0 Å². The Balaban J connectivity index is 2.54. The van der Waals surface area contributed by atoms with E-state index in [1.807, 2.05) is 20.8 Å². The standard InChI is InChI=1S/C16H16F6N2S/c1-14(2,3)12-11(25-13(23)24-12)6-8-4-9(15(17,18)19)7-10(5-8)16(20,21)22/h4-5,7H,6H2,1-3H3,(H2,23,24). The van der Waals surface area contributed by atoms with E-state index < -0.39 is 28.9 Å². The molecule has 1 aromatic heterocycles. The predicted octanol–water partition coefficient (Wildman–Crippen LogP) is 5.65. The minimum Gasteiger partial charge on any atom is -0.375 e. The maximum Gasteiger partial charge on any atom is 0.416 e. The Morgan fingerprint density at radius 2 is 1.40 bits per heavy atom. The van der Waals surface area contributed by atoms with E-state index in [-0.39, 0.29) is 23.2 Å². The Morgan fingerprint density at radius 3 is 1.80 bits per heavy atom. The van der Waals surface area contributed by atoms with Crippen LogP contribution in [0.2, 0.25) is 0 Å². The Hall–Kier alpha value is -1.77. The molecule has 0 saturated carbocycles. The summed E-state index contributed by atoms with van der Waals surface area (Å²) in [5.41, 5.74) is 3.07. The SMILES string of the molecule is CC(C)(C)c1nc(N)sc1Cc1cc(C(F)(F)F)cc(C(F)(F)F)c1. The number of hydrogen-bond acceptors (Lipinski definition) is 3. The Labute approximate surface area is 144 Å². The molecular formula is C16H16F6N2S. The van der Waals surface area contributed by atoms with Gasteiger partial charge in [-0.15, -0.1) is 11.3 Å². The number of halogens is 6. The molecule has 0 unspecified atom stereocenters. The van der Waals surface area contributed by atoms with Gasteiger partial charge in [-0.3, -0.25) is 0 Å². The summed E-state index contributed by atoms with van der Waals surface area (Å²) in [5.74, 6) is 0. The quantitative estimate of drug-likeness (QED) is 0.682. The summed E-state index contributed by atoms with van der Waals surface area (Å²) in [7, 11) is 0. The normalized spacial score (nSPS) is 13.3. The lowest BCUT2D eigenvalue weighted by Gasteiger charge is -2.18. The monoisotopic (exact) mass is 382 g/mol. The average Bonchev–Trinajstić information content (AvgIpc) is 2.77. The molecule has 0 fully saturated rings. The van der Waals surface area contributed by atoms with Crippen molar-refractivity contribution < 1.29 is 26.3 Å². The van der Waals surface area contributed by atoms with Crippen LogP contribution in [0.25, 0.3) is 0 Å². The van der Waals surface area contributed by atoms with Gasteiger partial charge in [0.25, 0.3) is 0 Å². The van der Waals surface area contributed by atoms with Gasteiger partial charge in [0.05, 0.1) is 16.8 Å². The number of aromatic nitrogens is 1. The first-order chi connectivity index (χ1) is 11.2. The number of hydrogen-bond donors (Lipinski definition) is 1. The van der Waals surface area contributed by atoms with E-state index in [4.69, 9.17) is 5.73 Å². The third-order valence-electron chi connectivity index (χ3n) is 3.44. The highest BCUT2D eigenvalue weighted by atomic mass is 32.1. The van der Waals surface area contributed by atoms with E-state index in [1.165, 1.54) is 0 Å². The molecule has 0 saturated heterocycles. The molecule has 0 bridgehead atoms. The minimum atomic E-state index is -4.87. The van der Waals surface area contributed by atoms with Crippen LogP contribution in [-0.2, 0) is 24.2 Å². The van der Waals surface area contributed by atoms with E-state index in [0.717, 1.165) is 23.5 Å². The molecule has 0 aliphatic heterocycles. The molecule has 0 atom stereocenters. The molecular weight excluding hydrogens is 366 g/mol. The molecule has 2 N–H and O–H groups in total. The highest BCUT2D eigenvalue weighted by Gasteiger charge is 2.37. The van der Waals surface area contributed by atoms with Gasteiger partial charge >= 0.3 is 12.4 Å². The molecule has 2 aromatic rings. The van der Waals surface area contributed by atoms with Crippen LogP contribution in [0, 0.1) is 0 Å². The van der Waals surface area contributed by atoms with Crippen molar-refractivity contribution in [1.29, 1.82) is 0 Å². The maximum atomic E-state index is 13.0. The number of alkyl halides is 6. The number of benzene rings is 1. The summed E-state index contributed by atoms with van der Waals surface area (Å²) in [6.07, 6.45) is -9.83. The van der Waals surface area contributed by atoms with Crippen molar-refractivity contribution in [3.05, 3.63) is 45.5 Å². The van der Waals surface area contributed by atoms with E-state index in [9.17, 15) is 26.3 Å². The fourth-order valence-electron chi connectivity index (χ4n) is 2.38. The molecule has 0 radical (unpaired) electrons. The smallest absolute Gasteiger partial charge is 0.375 e. The largest absolute Gasteiger partial charge is 0.416 e. The van der Waals surface area contributed by atoms with E-state index in [0.29, 0.717) is 10.6 Å². The number of nitrogens with zero attached hydrogens (tertiary/aromatic N) is 1. The number of thiazole rings is 1. The number of nitrogens with two attached hydrogens (primary N) is 1. The molecule has 138 valence electrons. The van der Waals surface area contributed by atoms with Crippen LogP contribution in [0.15, 0.2) is 18.2 Å². The van der Waals surface area contributed by atoms with Crippen LogP contribution < -0.4 is 5.73 Å². The Morgan fingerprint density at radius 1 is 0.920 bits per heavy atom. The first-order valence-corrected chi connectivity index (χ1v) is 8.03. The minimum absolute atomic E-state index is 0.0868. The van der Waals surface area contributed by atoms with Crippen LogP contribution in [0.1, 0.15) is 48.0 Å². The van der Waals surface area contributed by atoms with Crippen LogP contribution in [0.3, 0.4) is 0 Å². The van der Waals surface area contributed by atoms with Gasteiger partial charge < -0.3 is 5.73 Å². The lowest BCUT2D eigenvalue weighted by molar-refractivity contribution is -0.143. The molecule has 1 aromatic carbocycles. The summed E-state index contributed by atoms with van der Waals surface area (Å²) in [6, 6.07) is 1.59. The van der Waals surface area contributed by atoms with Crippen LogP contribution in [-0.4, -0.2) is 4.98 Å². The first-order valence-electron chi connectivity index (χ1n) is 7.22. The third-order valence-corrected chi connectivity index (χ3v) is 4.32. The number of rotatable bonds is 2. The molecule has 0 aliphatic carbocycles. The van der Waals surface area contributed by atoms with Crippen molar-refractivity contribution in [3.63, 3.8) is 0 Å². The van der Waals surface area contributed by atoms with Crippen molar-refractivity contribution in [1.82, 2.24) is 4.98 Å². The molecule has 0 amide bonds. The van der Waals surface area contributed by atoms with Crippen molar-refractivity contribution >= 4 is 16.5 Å². The zero-order chi connectivity index (χ0) is 19.2. The summed E-state index contributed by atoms with van der Waals surface area (Å²) in [5, 5.41) is 0.225. The van der Waals surface area contributed by atoms with Crippen LogP contribution >= 0.6 is 11.3 Å². The summed E-state index contributed by atoms with van der Waals surface area (Å²) in [6.45, 7) is 5.54. The van der Waals surface area contributed by atoms with Gasteiger partial charge in [-0.2, -0.15) is 26.3 Å². The summed E-state index contributed by atoms with van der Waals surface area (Å²) in [4.78, 5) is 4.73. The third kappa shape index (κ3) is 4.65. The van der Waals surface area contributed by atoms with Gasteiger partial charge in [-0.25, -0.2) is 4.98 Å². The molecule has 25 heavy (non-hydrogen) atoms. The summed E-state index contributed by atoms with van der Waals surface area (Å²) >= 11 is 1.07. The van der Waals surface area contributed by atoms with E-state index in [2.05, 4.69) is 4.98 Å². The molecule has 2 rings (SSSR count). The fraction of sp³-hybridized carbons (Fsp3) is 0.438. The van der Waals surface area contributed by atoms with Crippen LogP contribution in [0.4, 0.5) is 31.5 Å². The topological polar surface area (TPSA) is 38.9 Å². The second kappa shape index (κ2) is 6.19. The second-order valence-electron chi connectivity index (χ2n) is 6.66. The molecule has 0 aliphatic rings. The fourth-order valence-corrected chi connectivity index (χ4v) is 3.46. The predicted molar refractivity (Wildman–Crippen MR) is 84.5 cm³/mol. The van der Waals surface area contributed by atoms with Gasteiger partial charge in [0.15, 0.2) is 5.13 Å². The van der Waals surface area contributed by atoms with Gasteiger partial charge in [0, 0.05) is 16.7 Å². The zero-order valence-corrected chi connectivity index (χ0v) is 14.5. The van der Waals surface area contributed by atoms with Crippen molar-refractivity contribution in [2.45, 2.75) is 45.0 Å². The van der Waals surface area contributed by atoms with Crippen LogP contribution in [0.5, 0.6) is 0 Å². The summed E-state index contributed by atoms with van der Waals surface area (Å²) < 4.78 is 77.7. The molecule has 0 spiro atoms. The van der Waals surface area contributed by atoms with Gasteiger partial charge in [0.2, 0.25) is 0 Å². The lowest BCUT2D eigenvalue weighted by Crippen LogP contribution is -2.15. The van der Waals surface area contributed by atoms with Gasteiger partial charge in [-0.1, -0.05) is 20.8 Å². The Kier molecular flexibility index (Phi) is 4.84. The molecule has 1 heterocycles. The van der Waals surface area contributed by atoms with E-state index >= 15 is 0 Å². The molecule has 2 nitrogen and oxygen atoms in total. The maximum absolute atomic E-state index is 13.0. The number of anilines is 1. The van der Waals surface area contributed by atoms with Gasteiger partial charge in [0.1, 0.15) is 0 Å². The second-order valence-corrected chi connectivity index (χ2v) is 7.78. The average molecular weight is 382 g/mol. The van der Waals surface area contributed by atoms with Crippen molar-refractivity contribution in [2.75, 3.05) is 5.73 Å². The first kappa shape index (κ1) is 19.6. The van der Waals surface area contributed by atoms with Crippen molar-refractivity contribution in [2.24, 2.45) is 0 Å².